The Kier molecular flexibility index (Phi) is 5.20. The van der Waals surface area contributed by atoms with Crippen molar-refractivity contribution in [3.63, 3.8) is 0 Å². The van der Waals surface area contributed by atoms with E-state index >= 15 is 0 Å². The predicted molar refractivity (Wildman–Crippen MR) is 112 cm³/mol. The lowest BCUT2D eigenvalue weighted by Crippen LogP contribution is -2.12. The van der Waals surface area contributed by atoms with Crippen LogP contribution in [0.5, 0.6) is 5.75 Å². The first-order valence-corrected chi connectivity index (χ1v) is 10.5. The molecule has 0 N–H and O–H groups in total. The number of rotatable bonds is 5. The quantitative estimate of drug-likeness (QED) is 0.457. The number of hydrogen-bond acceptors (Lipinski definition) is 5. The van der Waals surface area contributed by atoms with E-state index in [4.69, 9.17) is 9.15 Å². The van der Waals surface area contributed by atoms with Crippen LogP contribution < -0.4 is 10.1 Å². The Morgan fingerprint density at radius 1 is 0.900 bits per heavy atom. The molecule has 0 amide bonds. The zero-order valence-electron chi connectivity index (χ0n) is 16.0. The lowest BCUT2D eigenvalue weighted by molar-refractivity contribution is 0.101. The molecule has 0 spiro atoms. The summed E-state index contributed by atoms with van der Waals surface area (Å²) < 4.78 is 40.4. The maximum atomic E-state index is 13.0. The van der Waals surface area contributed by atoms with Gasteiger partial charge in [0.15, 0.2) is 5.76 Å². The first kappa shape index (κ1) is 19.6. The fraction of sp³-hybridized carbons (Fsp3) is 0.0435. The molecule has 1 aromatic heterocycles. The van der Waals surface area contributed by atoms with Gasteiger partial charge in [-0.1, -0.05) is 30.3 Å². The van der Waals surface area contributed by atoms with Crippen molar-refractivity contribution >= 4 is 26.8 Å². The number of carbonyl (C=O) groups excluding carboxylic acids is 1. The van der Waals surface area contributed by atoms with Gasteiger partial charge in [-0.25, -0.2) is 0 Å². The van der Waals surface area contributed by atoms with E-state index in [1.165, 1.54) is 25.3 Å². The van der Waals surface area contributed by atoms with Crippen molar-refractivity contribution < 1.29 is 22.4 Å². The van der Waals surface area contributed by atoms with Crippen LogP contribution in [-0.2, 0) is 10.0 Å². The van der Waals surface area contributed by atoms with Crippen LogP contribution in [0.4, 0.5) is 0 Å². The third kappa shape index (κ3) is 3.88. The second kappa shape index (κ2) is 7.96. The number of fused-ring (bicyclic) bond motifs is 1. The van der Waals surface area contributed by atoms with Gasteiger partial charge in [0.1, 0.15) is 11.3 Å². The Morgan fingerprint density at radius 2 is 1.57 bits per heavy atom. The molecule has 0 saturated heterocycles. The van der Waals surface area contributed by atoms with Crippen molar-refractivity contribution in [2.75, 3.05) is 7.11 Å². The average Bonchev–Trinajstić information content (AvgIpc) is 2.79. The number of hydrogen-bond donors (Lipinski definition) is 0. The molecule has 3 aromatic carbocycles. The predicted octanol–water partition coefficient (Wildman–Crippen LogP) is 3.96. The van der Waals surface area contributed by atoms with Crippen LogP contribution in [0.15, 0.2) is 98.6 Å². The van der Waals surface area contributed by atoms with Crippen LogP contribution in [0.2, 0.25) is 0 Å². The van der Waals surface area contributed by atoms with Gasteiger partial charge in [0.2, 0.25) is 5.78 Å². The maximum absolute atomic E-state index is 13.0. The van der Waals surface area contributed by atoms with Gasteiger partial charge in [-0.2, -0.15) is 12.8 Å². The summed E-state index contributed by atoms with van der Waals surface area (Å²) in [6.45, 7) is 0. The smallest absolute Gasteiger partial charge is 0.282 e. The van der Waals surface area contributed by atoms with E-state index in [1.807, 2.05) is 0 Å². The number of benzene rings is 3. The van der Waals surface area contributed by atoms with Gasteiger partial charge >= 0.3 is 0 Å². The Morgan fingerprint density at radius 3 is 2.27 bits per heavy atom. The van der Waals surface area contributed by atoms with Crippen molar-refractivity contribution in [1.29, 1.82) is 0 Å². The maximum Gasteiger partial charge on any atom is 0.282 e. The van der Waals surface area contributed by atoms with Gasteiger partial charge in [-0.05, 0) is 48.5 Å². The molecule has 4 rings (SSSR count). The number of para-hydroxylation sites is 1. The minimum Gasteiger partial charge on any atom is -0.497 e. The third-order valence-corrected chi connectivity index (χ3v) is 5.79. The molecule has 0 radical (unpaired) electrons. The summed E-state index contributed by atoms with van der Waals surface area (Å²) in [5.74, 6) is 0.212. The van der Waals surface area contributed by atoms with Crippen molar-refractivity contribution in [2.45, 2.75) is 4.90 Å². The molecule has 150 valence electrons. The van der Waals surface area contributed by atoms with Gasteiger partial charge in [0, 0.05) is 17.0 Å². The van der Waals surface area contributed by atoms with Crippen molar-refractivity contribution in [3.8, 4) is 5.75 Å². The molecule has 0 atom stereocenters. The second-order valence-electron chi connectivity index (χ2n) is 6.43. The van der Waals surface area contributed by atoms with E-state index in [0.29, 0.717) is 22.3 Å². The Bertz CT molecular complexity index is 1390. The monoisotopic (exact) mass is 419 g/mol. The molecule has 0 saturated carbocycles. The highest BCUT2D eigenvalue weighted by Crippen LogP contribution is 2.18. The van der Waals surface area contributed by atoms with Gasteiger partial charge in [0.25, 0.3) is 10.0 Å². The first-order valence-electron chi connectivity index (χ1n) is 9.06. The molecule has 4 aromatic rings. The SMILES string of the molecule is COc1ccc(C(=O)c2c/c(=N\S(=O)(=O)c3ccccc3)c3ccccc3o2)cc1. The lowest BCUT2D eigenvalue weighted by Gasteiger charge is -2.05. The van der Waals surface area contributed by atoms with Crippen molar-refractivity contribution in [3.05, 3.63) is 102 Å². The Hall–Kier alpha value is -3.71. The summed E-state index contributed by atoms with van der Waals surface area (Å²) >= 11 is 0. The van der Waals surface area contributed by atoms with E-state index in [2.05, 4.69) is 4.40 Å². The fourth-order valence-corrected chi connectivity index (χ4v) is 3.98. The summed E-state index contributed by atoms with van der Waals surface area (Å²) in [5, 5.41) is 0.626. The molecule has 0 aliphatic carbocycles. The van der Waals surface area contributed by atoms with Gasteiger partial charge in [-0.15, -0.1) is 0 Å². The highest BCUT2D eigenvalue weighted by molar-refractivity contribution is 7.90. The summed E-state index contributed by atoms with van der Waals surface area (Å²) in [6, 6.07) is 22.7. The molecule has 7 heteroatoms. The molecule has 0 bridgehead atoms. The number of nitrogens with zero attached hydrogens (tertiary/aromatic N) is 1. The minimum atomic E-state index is -3.97. The second-order valence-corrected chi connectivity index (χ2v) is 8.03. The minimum absolute atomic E-state index is 0.0131. The molecule has 6 nitrogen and oxygen atoms in total. The number of methoxy groups -OCH3 is 1. The summed E-state index contributed by atoms with van der Waals surface area (Å²) in [4.78, 5) is 13.0. The molecule has 0 aliphatic heterocycles. The molecule has 0 fully saturated rings. The Labute approximate surface area is 173 Å². The molecule has 1 heterocycles. The number of ketones is 1. The summed E-state index contributed by atoms with van der Waals surface area (Å²) in [6.07, 6.45) is 0. The largest absolute Gasteiger partial charge is 0.497 e. The standard InChI is InChI=1S/C23H17NO5S/c1-28-17-13-11-16(12-14-17)23(25)22-15-20(19-9-5-6-10-21(19)29-22)24-30(26,27)18-7-3-2-4-8-18/h2-15H,1H3/b24-20+. The average molecular weight is 419 g/mol. The van der Waals surface area contributed by atoms with Crippen LogP contribution >= 0.6 is 0 Å². The third-order valence-electron chi connectivity index (χ3n) is 4.49. The van der Waals surface area contributed by atoms with E-state index in [0.717, 1.165) is 0 Å². The van der Waals surface area contributed by atoms with Gasteiger partial charge in [-0.3, -0.25) is 4.79 Å². The molecular formula is C23H17NO5S. The Balaban J connectivity index is 1.89. The first-order chi connectivity index (χ1) is 14.5. The molecule has 0 aliphatic rings. The van der Waals surface area contributed by atoms with E-state index in [9.17, 15) is 13.2 Å². The summed E-state index contributed by atoms with van der Waals surface area (Å²) in [5.41, 5.74) is 0.741. The topological polar surface area (TPSA) is 85.9 Å². The zero-order chi connectivity index (χ0) is 21.1. The van der Waals surface area contributed by atoms with Crippen molar-refractivity contribution in [1.82, 2.24) is 0 Å². The normalized spacial score (nSPS) is 12.1. The molecular weight excluding hydrogens is 402 g/mol. The highest BCUT2D eigenvalue weighted by atomic mass is 32.2. The van der Waals surface area contributed by atoms with Gasteiger partial charge in [0.05, 0.1) is 17.4 Å². The van der Waals surface area contributed by atoms with Crippen LogP contribution in [0.25, 0.3) is 11.0 Å². The van der Waals surface area contributed by atoms with Crippen LogP contribution in [0.1, 0.15) is 16.1 Å². The molecule has 30 heavy (non-hydrogen) atoms. The van der Waals surface area contributed by atoms with E-state index in [-0.39, 0.29) is 16.0 Å². The lowest BCUT2D eigenvalue weighted by atomic mass is 10.1. The van der Waals surface area contributed by atoms with E-state index in [1.54, 1.807) is 66.7 Å². The summed E-state index contributed by atoms with van der Waals surface area (Å²) in [7, 11) is -2.43. The van der Waals surface area contributed by atoms with Gasteiger partial charge < -0.3 is 9.15 Å². The highest BCUT2D eigenvalue weighted by Gasteiger charge is 2.16. The van der Waals surface area contributed by atoms with Crippen molar-refractivity contribution in [2.24, 2.45) is 4.40 Å². The van der Waals surface area contributed by atoms with E-state index < -0.39 is 15.8 Å². The number of carbonyl (C=O) groups is 1. The van der Waals surface area contributed by atoms with Crippen LogP contribution in [0.3, 0.4) is 0 Å². The van der Waals surface area contributed by atoms with Crippen LogP contribution in [0, 0.1) is 0 Å². The van der Waals surface area contributed by atoms with Crippen LogP contribution in [-0.4, -0.2) is 21.3 Å². The fourth-order valence-electron chi connectivity index (χ4n) is 2.96. The zero-order valence-corrected chi connectivity index (χ0v) is 16.8. The number of ether oxygens (including phenoxy) is 1. The number of sulfonamides is 1. The molecule has 0 unspecified atom stereocenters.